The van der Waals surface area contributed by atoms with Crippen molar-refractivity contribution in [2.75, 3.05) is 0 Å². The zero-order valence-electron chi connectivity index (χ0n) is 10.8. The molecule has 0 saturated heterocycles. The molecule has 2 rings (SSSR count). The van der Waals surface area contributed by atoms with Crippen molar-refractivity contribution in [3.8, 4) is 0 Å². The number of nitrogens with zero attached hydrogens (tertiary/aromatic N) is 4. The first-order valence-corrected chi connectivity index (χ1v) is 7.08. The van der Waals surface area contributed by atoms with Crippen LogP contribution >= 0.6 is 23.4 Å². The van der Waals surface area contributed by atoms with Crippen LogP contribution in [0.15, 0.2) is 21.3 Å². The van der Waals surface area contributed by atoms with Gasteiger partial charge in [0.05, 0.1) is 0 Å². The maximum atomic E-state index is 11.7. The third kappa shape index (κ3) is 2.82. The van der Waals surface area contributed by atoms with Gasteiger partial charge in [0, 0.05) is 11.6 Å². The quantitative estimate of drug-likeness (QED) is 0.877. The molecule has 2 aromatic rings. The minimum absolute atomic E-state index is 0.0242. The summed E-state index contributed by atoms with van der Waals surface area (Å²) in [5, 5.41) is 8.21. The Balaban J connectivity index is 2.42. The van der Waals surface area contributed by atoms with Crippen LogP contribution in [0.2, 0.25) is 5.15 Å². The van der Waals surface area contributed by atoms with Crippen LogP contribution in [-0.2, 0) is 6.42 Å². The van der Waals surface area contributed by atoms with Gasteiger partial charge in [0.1, 0.15) is 16.5 Å². The van der Waals surface area contributed by atoms with E-state index < -0.39 is 0 Å². The summed E-state index contributed by atoms with van der Waals surface area (Å²) in [6.07, 6.45) is 2.13. The zero-order valence-corrected chi connectivity index (χ0v) is 12.4. The van der Waals surface area contributed by atoms with Gasteiger partial charge in [-0.1, -0.05) is 18.5 Å². The maximum absolute atomic E-state index is 11.7. The standard InChI is InChI=1S/C11H14ClN5OS/c1-4-7-8(12)13-5-14-9(7)19-11-16-15-10(18)17(11)6(2)3/h5-6H,4H2,1-3H3,(H,15,18). The molecule has 0 atom stereocenters. The molecule has 8 heteroatoms. The van der Waals surface area contributed by atoms with Gasteiger partial charge in [-0.05, 0) is 32.0 Å². The molecular weight excluding hydrogens is 286 g/mol. The van der Waals surface area contributed by atoms with Crippen LogP contribution in [0, 0.1) is 0 Å². The molecule has 102 valence electrons. The monoisotopic (exact) mass is 299 g/mol. The Morgan fingerprint density at radius 2 is 2.21 bits per heavy atom. The zero-order chi connectivity index (χ0) is 14.0. The molecule has 1 N–H and O–H groups in total. The smallest absolute Gasteiger partial charge is 0.267 e. The Morgan fingerprint density at radius 3 is 2.84 bits per heavy atom. The minimum atomic E-state index is -0.226. The van der Waals surface area contributed by atoms with E-state index in [1.54, 1.807) is 4.57 Å². The predicted molar refractivity (Wildman–Crippen MR) is 73.8 cm³/mol. The lowest BCUT2D eigenvalue weighted by molar-refractivity contribution is 0.533. The maximum Gasteiger partial charge on any atom is 0.344 e. The number of aromatic nitrogens is 5. The Morgan fingerprint density at radius 1 is 1.47 bits per heavy atom. The molecule has 19 heavy (non-hydrogen) atoms. The van der Waals surface area contributed by atoms with Crippen molar-refractivity contribution >= 4 is 23.4 Å². The van der Waals surface area contributed by atoms with Crippen LogP contribution in [0.4, 0.5) is 0 Å². The molecule has 0 aliphatic heterocycles. The van der Waals surface area contributed by atoms with Gasteiger partial charge in [-0.25, -0.2) is 19.9 Å². The van der Waals surface area contributed by atoms with Gasteiger partial charge in [0.25, 0.3) is 0 Å². The summed E-state index contributed by atoms with van der Waals surface area (Å²) in [4.78, 5) is 19.8. The fourth-order valence-electron chi connectivity index (χ4n) is 1.67. The van der Waals surface area contributed by atoms with E-state index in [2.05, 4.69) is 20.2 Å². The normalized spacial score (nSPS) is 11.2. The molecule has 0 fully saturated rings. The Kier molecular flexibility index (Phi) is 4.26. The summed E-state index contributed by atoms with van der Waals surface area (Å²) in [5.74, 6) is 0. The molecule has 0 amide bonds. The molecule has 0 aromatic carbocycles. The molecule has 0 saturated carbocycles. The van der Waals surface area contributed by atoms with Crippen molar-refractivity contribution in [2.24, 2.45) is 0 Å². The summed E-state index contributed by atoms with van der Waals surface area (Å²) in [6.45, 7) is 5.83. The van der Waals surface area contributed by atoms with Crippen molar-refractivity contribution in [2.45, 2.75) is 43.4 Å². The third-order valence-corrected chi connectivity index (χ3v) is 3.92. The lowest BCUT2D eigenvalue weighted by Crippen LogP contribution is -2.19. The highest BCUT2D eigenvalue weighted by Gasteiger charge is 2.16. The molecule has 2 aromatic heterocycles. The number of H-pyrrole nitrogens is 1. The van der Waals surface area contributed by atoms with Crippen molar-refractivity contribution < 1.29 is 0 Å². The highest BCUT2D eigenvalue weighted by atomic mass is 35.5. The molecule has 2 heterocycles. The number of aromatic amines is 1. The number of nitrogens with one attached hydrogen (secondary N) is 1. The van der Waals surface area contributed by atoms with Gasteiger partial charge >= 0.3 is 5.69 Å². The average molecular weight is 300 g/mol. The summed E-state index contributed by atoms with van der Waals surface area (Å²) < 4.78 is 1.58. The molecule has 6 nitrogen and oxygen atoms in total. The van der Waals surface area contributed by atoms with Crippen LogP contribution < -0.4 is 5.69 Å². The molecule has 0 aliphatic carbocycles. The lowest BCUT2D eigenvalue weighted by Gasteiger charge is -2.10. The number of hydrogen-bond donors (Lipinski definition) is 1. The second-order valence-electron chi connectivity index (χ2n) is 4.18. The van der Waals surface area contributed by atoms with Crippen molar-refractivity contribution in [1.29, 1.82) is 0 Å². The van der Waals surface area contributed by atoms with Gasteiger partial charge in [-0.2, -0.15) is 0 Å². The molecule has 0 aliphatic rings. The topological polar surface area (TPSA) is 76.5 Å². The van der Waals surface area contributed by atoms with Gasteiger partial charge in [0.2, 0.25) is 0 Å². The minimum Gasteiger partial charge on any atom is -0.267 e. The van der Waals surface area contributed by atoms with E-state index in [4.69, 9.17) is 11.6 Å². The van der Waals surface area contributed by atoms with Crippen LogP contribution in [-0.4, -0.2) is 24.7 Å². The second-order valence-corrected chi connectivity index (χ2v) is 5.49. The third-order valence-electron chi connectivity index (χ3n) is 2.58. The Bertz CT molecular complexity index is 636. The van der Waals surface area contributed by atoms with E-state index >= 15 is 0 Å². The van der Waals surface area contributed by atoms with E-state index in [-0.39, 0.29) is 11.7 Å². The van der Waals surface area contributed by atoms with E-state index in [0.717, 1.165) is 17.0 Å². The molecular formula is C11H14ClN5OS. The average Bonchev–Trinajstić information content (AvgIpc) is 2.71. The summed E-state index contributed by atoms with van der Waals surface area (Å²) in [5.41, 5.74) is 0.635. The van der Waals surface area contributed by atoms with Crippen molar-refractivity contribution in [3.05, 3.63) is 27.5 Å². The largest absolute Gasteiger partial charge is 0.344 e. The predicted octanol–water partition coefficient (Wildman–Crippen LogP) is 2.31. The van der Waals surface area contributed by atoms with Crippen LogP contribution in [0.3, 0.4) is 0 Å². The lowest BCUT2D eigenvalue weighted by atomic mass is 10.3. The number of rotatable bonds is 4. The van der Waals surface area contributed by atoms with Gasteiger partial charge in [0.15, 0.2) is 5.16 Å². The fraction of sp³-hybridized carbons (Fsp3) is 0.455. The SMILES string of the molecule is CCc1c(Cl)ncnc1Sc1n[nH]c(=O)n1C(C)C. The van der Waals surface area contributed by atoms with Crippen LogP contribution in [0.5, 0.6) is 0 Å². The summed E-state index contributed by atoms with van der Waals surface area (Å²) in [6, 6.07) is 0.0242. The molecule has 0 spiro atoms. The second kappa shape index (κ2) is 5.75. The van der Waals surface area contributed by atoms with Crippen molar-refractivity contribution in [1.82, 2.24) is 24.7 Å². The first kappa shape index (κ1) is 14.1. The highest BCUT2D eigenvalue weighted by Crippen LogP contribution is 2.30. The van der Waals surface area contributed by atoms with E-state index in [1.165, 1.54) is 18.1 Å². The van der Waals surface area contributed by atoms with E-state index in [0.29, 0.717) is 10.3 Å². The van der Waals surface area contributed by atoms with Crippen molar-refractivity contribution in [3.63, 3.8) is 0 Å². The fourth-order valence-corrected chi connectivity index (χ4v) is 3.11. The van der Waals surface area contributed by atoms with E-state index in [9.17, 15) is 4.79 Å². The van der Waals surface area contributed by atoms with Gasteiger partial charge in [-0.15, -0.1) is 5.10 Å². The summed E-state index contributed by atoms with van der Waals surface area (Å²) >= 11 is 7.36. The summed E-state index contributed by atoms with van der Waals surface area (Å²) in [7, 11) is 0. The van der Waals surface area contributed by atoms with Crippen LogP contribution in [0.1, 0.15) is 32.4 Å². The molecule has 0 radical (unpaired) electrons. The number of halogens is 1. The number of hydrogen-bond acceptors (Lipinski definition) is 5. The molecule has 0 bridgehead atoms. The highest BCUT2D eigenvalue weighted by molar-refractivity contribution is 7.99. The van der Waals surface area contributed by atoms with Crippen LogP contribution in [0.25, 0.3) is 0 Å². The first-order chi connectivity index (χ1) is 9.04. The Labute approximate surface area is 119 Å². The first-order valence-electron chi connectivity index (χ1n) is 5.88. The van der Waals surface area contributed by atoms with Gasteiger partial charge < -0.3 is 0 Å². The molecule has 0 unspecified atom stereocenters. The Hall–Kier alpha value is -1.34. The van der Waals surface area contributed by atoms with Gasteiger partial charge in [-0.3, -0.25) is 4.57 Å². The van der Waals surface area contributed by atoms with E-state index in [1.807, 2.05) is 20.8 Å².